The first-order valence-corrected chi connectivity index (χ1v) is 10.5. The van der Waals surface area contributed by atoms with E-state index in [1.165, 1.54) is 16.4 Å². The van der Waals surface area contributed by atoms with Gasteiger partial charge in [-0.1, -0.05) is 12.5 Å². The highest BCUT2D eigenvalue weighted by atomic mass is 32.2. The molecule has 0 unspecified atom stereocenters. The van der Waals surface area contributed by atoms with Gasteiger partial charge < -0.3 is 10.1 Å². The smallest absolute Gasteiger partial charge is 0.406 e. The Balaban J connectivity index is 1.82. The Bertz CT molecular complexity index is 1040. The summed E-state index contributed by atoms with van der Waals surface area (Å²) in [7, 11) is -4.12. The predicted octanol–water partition coefficient (Wildman–Crippen LogP) is 4.15. The first-order chi connectivity index (χ1) is 14.1. The fourth-order valence-electron chi connectivity index (χ4n) is 3.06. The summed E-state index contributed by atoms with van der Waals surface area (Å²) in [6.07, 6.45) is -2.68. The van der Waals surface area contributed by atoms with Crippen molar-refractivity contribution in [3.63, 3.8) is 0 Å². The Morgan fingerprint density at radius 3 is 2.40 bits per heavy atom. The van der Waals surface area contributed by atoms with Crippen LogP contribution in [0.5, 0.6) is 5.75 Å². The first-order valence-electron chi connectivity index (χ1n) is 9.03. The normalized spacial score (nSPS) is 15.6. The molecule has 2 aromatic carbocycles. The summed E-state index contributed by atoms with van der Waals surface area (Å²) in [6, 6.07) is 7.48. The second-order valence-electron chi connectivity index (χ2n) is 6.64. The van der Waals surface area contributed by atoms with Gasteiger partial charge in [0.2, 0.25) is 10.0 Å². The van der Waals surface area contributed by atoms with Gasteiger partial charge in [-0.25, -0.2) is 12.8 Å². The van der Waals surface area contributed by atoms with E-state index in [9.17, 15) is 30.8 Å². The van der Waals surface area contributed by atoms with E-state index < -0.39 is 38.8 Å². The van der Waals surface area contributed by atoms with E-state index in [0.717, 1.165) is 36.8 Å². The van der Waals surface area contributed by atoms with Crippen LogP contribution in [0.3, 0.4) is 0 Å². The molecule has 0 aliphatic carbocycles. The van der Waals surface area contributed by atoms with E-state index in [2.05, 4.69) is 10.1 Å². The molecule has 1 N–H and O–H groups in total. The number of alkyl halides is 3. The number of rotatable bonds is 5. The third-order valence-electron chi connectivity index (χ3n) is 4.45. The molecule has 1 saturated heterocycles. The molecule has 1 amide bonds. The number of piperidine rings is 1. The molecular formula is C19H18F4N2O4S. The molecule has 0 saturated carbocycles. The van der Waals surface area contributed by atoms with Gasteiger partial charge in [-0.05, 0) is 43.2 Å². The lowest BCUT2D eigenvalue weighted by Gasteiger charge is -2.26. The molecular weight excluding hydrogens is 428 g/mol. The van der Waals surface area contributed by atoms with Crippen molar-refractivity contribution in [2.24, 2.45) is 0 Å². The second kappa shape index (κ2) is 8.60. The fourth-order valence-corrected chi connectivity index (χ4v) is 4.67. The zero-order valence-corrected chi connectivity index (χ0v) is 16.4. The standard InChI is InChI=1S/C19H18F4N2O4S/c20-16-8-7-13(11-17(16)30(27,28)25-9-2-1-3-10-25)18(26)24-14-5-4-6-15(12-14)29-19(21,22)23/h4-8,11-12H,1-3,9-10H2,(H,24,26). The van der Waals surface area contributed by atoms with Gasteiger partial charge in [0.05, 0.1) is 0 Å². The average Bonchev–Trinajstić information content (AvgIpc) is 2.67. The zero-order valence-electron chi connectivity index (χ0n) is 15.6. The van der Waals surface area contributed by atoms with E-state index in [0.29, 0.717) is 12.8 Å². The summed E-state index contributed by atoms with van der Waals surface area (Å²) < 4.78 is 81.8. The van der Waals surface area contributed by atoms with Crippen LogP contribution in [0.4, 0.5) is 23.2 Å². The number of nitrogens with zero attached hydrogens (tertiary/aromatic N) is 1. The van der Waals surface area contributed by atoms with Crippen LogP contribution in [0.2, 0.25) is 0 Å². The molecule has 0 spiro atoms. The van der Waals surface area contributed by atoms with Crippen molar-refractivity contribution < 1.29 is 35.5 Å². The number of anilines is 1. The number of carbonyl (C=O) groups excluding carboxylic acids is 1. The molecule has 1 heterocycles. The highest BCUT2D eigenvalue weighted by molar-refractivity contribution is 7.89. The van der Waals surface area contributed by atoms with Crippen molar-refractivity contribution in [2.45, 2.75) is 30.5 Å². The van der Waals surface area contributed by atoms with E-state index in [1.54, 1.807) is 0 Å². The molecule has 1 aliphatic heterocycles. The summed E-state index contributed by atoms with van der Waals surface area (Å²) in [5.74, 6) is -2.33. The van der Waals surface area contributed by atoms with Crippen LogP contribution in [0.1, 0.15) is 29.6 Å². The van der Waals surface area contributed by atoms with Gasteiger partial charge in [-0.15, -0.1) is 13.2 Å². The fraction of sp³-hybridized carbons (Fsp3) is 0.316. The van der Waals surface area contributed by atoms with Crippen molar-refractivity contribution >= 4 is 21.6 Å². The van der Waals surface area contributed by atoms with Gasteiger partial charge in [0.15, 0.2) is 0 Å². The SMILES string of the molecule is O=C(Nc1cccc(OC(F)(F)F)c1)c1ccc(F)c(S(=O)(=O)N2CCCCC2)c1. The van der Waals surface area contributed by atoms with Crippen molar-refractivity contribution in [1.29, 1.82) is 0 Å². The van der Waals surface area contributed by atoms with Gasteiger partial charge in [0.1, 0.15) is 16.5 Å². The highest BCUT2D eigenvalue weighted by Crippen LogP contribution is 2.27. The van der Waals surface area contributed by atoms with Crippen LogP contribution < -0.4 is 10.1 Å². The molecule has 11 heteroatoms. The number of sulfonamides is 1. The van der Waals surface area contributed by atoms with Crippen LogP contribution >= 0.6 is 0 Å². The minimum Gasteiger partial charge on any atom is -0.406 e. The third kappa shape index (κ3) is 5.28. The highest BCUT2D eigenvalue weighted by Gasteiger charge is 2.31. The largest absolute Gasteiger partial charge is 0.573 e. The van der Waals surface area contributed by atoms with Gasteiger partial charge in [-0.2, -0.15) is 4.31 Å². The number of carbonyl (C=O) groups is 1. The van der Waals surface area contributed by atoms with Crippen LogP contribution in [0.15, 0.2) is 47.4 Å². The quantitative estimate of drug-likeness (QED) is 0.701. The number of amides is 1. The number of halogens is 4. The molecule has 0 atom stereocenters. The molecule has 162 valence electrons. The molecule has 2 aromatic rings. The maximum absolute atomic E-state index is 14.3. The van der Waals surface area contributed by atoms with Crippen LogP contribution in [-0.4, -0.2) is 38.1 Å². The maximum Gasteiger partial charge on any atom is 0.573 e. The Morgan fingerprint density at radius 2 is 1.73 bits per heavy atom. The third-order valence-corrected chi connectivity index (χ3v) is 6.37. The topological polar surface area (TPSA) is 75.7 Å². The van der Waals surface area contributed by atoms with Crippen LogP contribution in [0, 0.1) is 5.82 Å². The van der Waals surface area contributed by atoms with Crippen molar-refractivity contribution in [2.75, 3.05) is 18.4 Å². The number of ether oxygens (including phenoxy) is 1. The summed E-state index contributed by atoms with van der Waals surface area (Å²) in [4.78, 5) is 11.9. The molecule has 0 bridgehead atoms. The van der Waals surface area contributed by atoms with E-state index in [1.807, 2.05) is 0 Å². The van der Waals surface area contributed by atoms with E-state index in [4.69, 9.17) is 0 Å². The molecule has 30 heavy (non-hydrogen) atoms. The Hall–Kier alpha value is -2.66. The van der Waals surface area contributed by atoms with Crippen molar-refractivity contribution in [1.82, 2.24) is 4.31 Å². The number of benzene rings is 2. The molecule has 3 rings (SSSR count). The second-order valence-corrected chi connectivity index (χ2v) is 8.55. The lowest BCUT2D eigenvalue weighted by molar-refractivity contribution is -0.274. The van der Waals surface area contributed by atoms with Crippen LogP contribution in [-0.2, 0) is 10.0 Å². The molecule has 1 aliphatic rings. The molecule has 0 aromatic heterocycles. The Morgan fingerprint density at radius 1 is 1.03 bits per heavy atom. The maximum atomic E-state index is 14.3. The van der Waals surface area contributed by atoms with Gasteiger partial charge in [0.25, 0.3) is 5.91 Å². The molecule has 6 nitrogen and oxygen atoms in total. The lowest BCUT2D eigenvalue weighted by Crippen LogP contribution is -2.36. The van der Waals surface area contributed by atoms with Crippen molar-refractivity contribution in [3.8, 4) is 5.75 Å². The monoisotopic (exact) mass is 446 g/mol. The van der Waals surface area contributed by atoms with Gasteiger partial charge in [-0.3, -0.25) is 4.79 Å². The van der Waals surface area contributed by atoms with E-state index in [-0.39, 0.29) is 24.3 Å². The number of nitrogens with one attached hydrogen (secondary N) is 1. The molecule has 1 fully saturated rings. The average molecular weight is 446 g/mol. The van der Waals surface area contributed by atoms with E-state index >= 15 is 0 Å². The number of hydrogen-bond acceptors (Lipinski definition) is 4. The summed E-state index contributed by atoms with van der Waals surface area (Å²) in [5, 5.41) is 2.34. The Kier molecular flexibility index (Phi) is 6.32. The van der Waals surface area contributed by atoms with Gasteiger partial charge in [0, 0.05) is 30.4 Å². The summed E-state index contributed by atoms with van der Waals surface area (Å²) >= 11 is 0. The predicted molar refractivity (Wildman–Crippen MR) is 100 cm³/mol. The number of hydrogen-bond donors (Lipinski definition) is 1. The zero-order chi connectivity index (χ0) is 21.9. The van der Waals surface area contributed by atoms with Gasteiger partial charge >= 0.3 is 6.36 Å². The Labute approximate surface area is 170 Å². The molecule has 0 radical (unpaired) electrons. The summed E-state index contributed by atoms with van der Waals surface area (Å²) in [6.45, 7) is 0.536. The lowest BCUT2D eigenvalue weighted by atomic mass is 10.2. The van der Waals surface area contributed by atoms with Crippen molar-refractivity contribution in [3.05, 3.63) is 53.8 Å². The first kappa shape index (κ1) is 22.0. The van der Waals surface area contributed by atoms with Crippen LogP contribution in [0.25, 0.3) is 0 Å². The summed E-state index contributed by atoms with van der Waals surface area (Å²) in [5.41, 5.74) is -0.166. The minimum absolute atomic E-state index is 0.00786. The minimum atomic E-state index is -4.89.